The van der Waals surface area contributed by atoms with Crippen LogP contribution in [0.2, 0.25) is 0 Å². The van der Waals surface area contributed by atoms with Crippen LogP contribution in [-0.2, 0) is 0 Å². The number of aromatic amines is 1. The number of benzene rings is 4. The van der Waals surface area contributed by atoms with E-state index in [2.05, 4.69) is 107 Å². The van der Waals surface area contributed by atoms with Crippen LogP contribution in [0.5, 0.6) is 0 Å². The van der Waals surface area contributed by atoms with Crippen LogP contribution in [0.15, 0.2) is 103 Å². The van der Waals surface area contributed by atoms with Gasteiger partial charge in [-0.1, -0.05) is 54.6 Å². The average Bonchev–Trinajstić information content (AvgIpc) is 3.35. The monoisotopic (exact) mass is 358 g/mol. The van der Waals surface area contributed by atoms with E-state index in [1.54, 1.807) is 0 Å². The van der Waals surface area contributed by atoms with E-state index in [1.165, 1.54) is 49.5 Å². The molecule has 4 aromatic carbocycles. The molecule has 2 aromatic heterocycles. The van der Waals surface area contributed by atoms with Gasteiger partial charge in [-0.3, -0.25) is 0 Å². The topological polar surface area (TPSA) is 20.7 Å². The Bertz CT molecular complexity index is 1450. The Balaban J connectivity index is 1.67. The maximum absolute atomic E-state index is 3.27. The first kappa shape index (κ1) is 15.3. The van der Waals surface area contributed by atoms with Crippen molar-refractivity contribution >= 4 is 32.7 Å². The van der Waals surface area contributed by atoms with Gasteiger partial charge in [0.05, 0.1) is 11.0 Å². The molecular weight excluding hydrogens is 340 g/mol. The molecule has 0 aliphatic rings. The maximum Gasteiger partial charge on any atom is 0.0547 e. The fourth-order valence-corrected chi connectivity index (χ4v) is 4.24. The van der Waals surface area contributed by atoms with Gasteiger partial charge in [0.15, 0.2) is 0 Å². The number of para-hydroxylation sites is 2. The Kier molecular flexibility index (Phi) is 3.20. The standard InChI is InChI=1S/C26H18N2/c1-2-6-21(7-3-1)28-25-9-5-4-8-22(25)23-12-10-19(17-26(23)28)18-11-13-24-20(16-18)14-15-27-24/h1-17,27H. The van der Waals surface area contributed by atoms with Crippen molar-refractivity contribution < 1.29 is 0 Å². The second-order valence-electron chi connectivity index (χ2n) is 7.20. The van der Waals surface area contributed by atoms with Crippen molar-refractivity contribution in [2.45, 2.75) is 0 Å². The molecule has 2 heteroatoms. The predicted octanol–water partition coefficient (Wildman–Crippen LogP) is 6.93. The number of H-pyrrole nitrogens is 1. The highest BCUT2D eigenvalue weighted by Gasteiger charge is 2.13. The van der Waals surface area contributed by atoms with Gasteiger partial charge in [0.1, 0.15) is 0 Å². The van der Waals surface area contributed by atoms with Crippen LogP contribution < -0.4 is 0 Å². The third-order valence-electron chi connectivity index (χ3n) is 5.57. The van der Waals surface area contributed by atoms with Crippen molar-refractivity contribution in [2.75, 3.05) is 0 Å². The summed E-state index contributed by atoms with van der Waals surface area (Å²) in [6, 6.07) is 34.8. The lowest BCUT2D eigenvalue weighted by Gasteiger charge is -2.09. The summed E-state index contributed by atoms with van der Waals surface area (Å²) in [4.78, 5) is 3.27. The van der Waals surface area contributed by atoms with E-state index in [4.69, 9.17) is 0 Å². The van der Waals surface area contributed by atoms with Crippen molar-refractivity contribution in [3.8, 4) is 16.8 Å². The third kappa shape index (κ3) is 2.21. The second kappa shape index (κ2) is 5.86. The Morgan fingerprint density at radius 2 is 1.32 bits per heavy atom. The van der Waals surface area contributed by atoms with Crippen LogP contribution >= 0.6 is 0 Å². The first-order valence-corrected chi connectivity index (χ1v) is 9.55. The zero-order valence-electron chi connectivity index (χ0n) is 15.3. The fourth-order valence-electron chi connectivity index (χ4n) is 4.24. The minimum absolute atomic E-state index is 1.17. The molecule has 0 amide bonds. The number of nitrogens with one attached hydrogen (secondary N) is 1. The van der Waals surface area contributed by atoms with Crippen LogP contribution in [0, 0.1) is 0 Å². The minimum atomic E-state index is 1.17. The number of aromatic nitrogens is 2. The van der Waals surface area contributed by atoms with E-state index < -0.39 is 0 Å². The lowest BCUT2D eigenvalue weighted by Crippen LogP contribution is -1.93. The van der Waals surface area contributed by atoms with Gasteiger partial charge in [-0.2, -0.15) is 0 Å². The zero-order chi connectivity index (χ0) is 18.5. The second-order valence-corrected chi connectivity index (χ2v) is 7.20. The molecule has 0 spiro atoms. The van der Waals surface area contributed by atoms with Crippen molar-refractivity contribution in [1.82, 2.24) is 9.55 Å². The van der Waals surface area contributed by atoms with Crippen molar-refractivity contribution in [3.05, 3.63) is 103 Å². The summed E-state index contributed by atoms with van der Waals surface area (Å²) >= 11 is 0. The largest absolute Gasteiger partial charge is 0.361 e. The van der Waals surface area contributed by atoms with E-state index in [1.807, 2.05) is 6.20 Å². The molecule has 0 aliphatic carbocycles. The molecule has 2 nitrogen and oxygen atoms in total. The Hall–Kier alpha value is -3.78. The molecule has 0 atom stereocenters. The molecule has 2 heterocycles. The Morgan fingerprint density at radius 3 is 2.25 bits per heavy atom. The highest BCUT2D eigenvalue weighted by atomic mass is 15.0. The molecule has 0 unspecified atom stereocenters. The summed E-state index contributed by atoms with van der Waals surface area (Å²) in [5, 5.41) is 3.81. The van der Waals surface area contributed by atoms with Crippen molar-refractivity contribution in [3.63, 3.8) is 0 Å². The number of fused-ring (bicyclic) bond motifs is 4. The maximum atomic E-state index is 3.27. The van der Waals surface area contributed by atoms with Crippen LogP contribution in [0.4, 0.5) is 0 Å². The van der Waals surface area contributed by atoms with Gasteiger partial charge >= 0.3 is 0 Å². The normalized spacial score (nSPS) is 11.6. The Morgan fingerprint density at radius 1 is 0.571 bits per heavy atom. The molecule has 0 radical (unpaired) electrons. The van der Waals surface area contributed by atoms with Crippen LogP contribution in [0.1, 0.15) is 0 Å². The van der Waals surface area contributed by atoms with E-state index in [9.17, 15) is 0 Å². The van der Waals surface area contributed by atoms with Gasteiger partial charge in [-0.15, -0.1) is 0 Å². The quantitative estimate of drug-likeness (QED) is 0.346. The molecule has 6 rings (SSSR count). The molecular formula is C26H18N2. The molecule has 0 fully saturated rings. The van der Waals surface area contributed by atoms with E-state index in [0.717, 1.165) is 0 Å². The number of hydrogen-bond donors (Lipinski definition) is 1. The predicted molar refractivity (Wildman–Crippen MR) is 118 cm³/mol. The summed E-state index contributed by atoms with van der Waals surface area (Å²) in [6.45, 7) is 0. The first-order valence-electron chi connectivity index (χ1n) is 9.55. The number of hydrogen-bond acceptors (Lipinski definition) is 0. The molecule has 0 saturated carbocycles. The summed E-state index contributed by atoms with van der Waals surface area (Å²) < 4.78 is 2.36. The van der Waals surface area contributed by atoms with Crippen LogP contribution in [-0.4, -0.2) is 9.55 Å². The molecule has 0 bridgehead atoms. The number of nitrogens with zero attached hydrogens (tertiary/aromatic N) is 1. The molecule has 132 valence electrons. The van der Waals surface area contributed by atoms with E-state index >= 15 is 0 Å². The highest BCUT2D eigenvalue weighted by Crippen LogP contribution is 2.35. The van der Waals surface area contributed by atoms with Crippen LogP contribution in [0.25, 0.3) is 49.5 Å². The fraction of sp³-hybridized carbons (Fsp3) is 0. The lowest BCUT2D eigenvalue weighted by atomic mass is 10.0. The van der Waals surface area contributed by atoms with E-state index in [0.29, 0.717) is 0 Å². The lowest BCUT2D eigenvalue weighted by molar-refractivity contribution is 1.18. The smallest absolute Gasteiger partial charge is 0.0547 e. The van der Waals surface area contributed by atoms with Gasteiger partial charge < -0.3 is 9.55 Å². The van der Waals surface area contributed by atoms with Gasteiger partial charge in [0, 0.05) is 28.2 Å². The zero-order valence-corrected chi connectivity index (χ0v) is 15.3. The summed E-state index contributed by atoms with van der Waals surface area (Å²) in [6.07, 6.45) is 1.99. The van der Waals surface area contributed by atoms with Gasteiger partial charge in [-0.05, 0) is 59.0 Å². The molecule has 0 aliphatic heterocycles. The highest BCUT2D eigenvalue weighted by molar-refractivity contribution is 6.10. The van der Waals surface area contributed by atoms with E-state index in [-0.39, 0.29) is 0 Å². The molecule has 28 heavy (non-hydrogen) atoms. The van der Waals surface area contributed by atoms with Crippen LogP contribution in [0.3, 0.4) is 0 Å². The van der Waals surface area contributed by atoms with Crippen molar-refractivity contribution in [1.29, 1.82) is 0 Å². The molecule has 0 saturated heterocycles. The summed E-state index contributed by atoms with van der Waals surface area (Å²) in [7, 11) is 0. The number of rotatable bonds is 2. The average molecular weight is 358 g/mol. The molecule has 6 aromatic rings. The SMILES string of the molecule is c1ccc(-n2c3ccccc3c3ccc(-c4ccc5[nH]ccc5c4)cc32)cc1. The van der Waals surface area contributed by atoms with Gasteiger partial charge in [0.2, 0.25) is 0 Å². The first-order chi connectivity index (χ1) is 13.9. The van der Waals surface area contributed by atoms with Gasteiger partial charge in [-0.25, -0.2) is 0 Å². The Labute approximate surface area is 162 Å². The van der Waals surface area contributed by atoms with Gasteiger partial charge in [0.25, 0.3) is 0 Å². The minimum Gasteiger partial charge on any atom is -0.361 e. The molecule has 1 N–H and O–H groups in total. The summed E-state index contributed by atoms with van der Waals surface area (Å²) in [5.74, 6) is 0. The van der Waals surface area contributed by atoms with Crippen molar-refractivity contribution in [2.24, 2.45) is 0 Å². The summed E-state index contributed by atoms with van der Waals surface area (Å²) in [5.41, 5.74) is 7.30. The third-order valence-corrected chi connectivity index (χ3v) is 5.57.